The smallest absolute Gasteiger partial charge is 0.251 e. The predicted molar refractivity (Wildman–Crippen MR) is 76.1 cm³/mol. The number of hydrogen-bond acceptors (Lipinski definition) is 2. The maximum absolute atomic E-state index is 12.0. The molecule has 1 aromatic carbocycles. The number of aromatic nitrogens is 1. The molecule has 0 bridgehead atoms. The molecule has 0 saturated carbocycles. The average Bonchev–Trinajstić information content (AvgIpc) is 2.46. The van der Waals surface area contributed by atoms with Gasteiger partial charge in [-0.2, -0.15) is 0 Å². The van der Waals surface area contributed by atoms with Crippen molar-refractivity contribution in [1.29, 1.82) is 0 Å². The molecule has 0 unspecified atom stereocenters. The second-order valence-electron chi connectivity index (χ2n) is 4.32. The van der Waals surface area contributed by atoms with E-state index >= 15 is 0 Å². The van der Waals surface area contributed by atoms with Gasteiger partial charge < -0.3 is 5.32 Å². The summed E-state index contributed by atoms with van der Waals surface area (Å²) in [4.78, 5) is 16.1. The highest BCUT2D eigenvalue weighted by atomic mass is 35.5. The van der Waals surface area contributed by atoms with Crippen LogP contribution in [0.4, 0.5) is 0 Å². The lowest BCUT2D eigenvalue weighted by molar-refractivity contribution is 0.0951. The van der Waals surface area contributed by atoms with Gasteiger partial charge in [-0.05, 0) is 41.8 Å². The Labute approximate surface area is 117 Å². The zero-order valence-electron chi connectivity index (χ0n) is 10.7. The molecular formula is C15H15ClN2O. The predicted octanol–water partition coefficient (Wildman–Crippen LogP) is 3.06. The zero-order chi connectivity index (χ0) is 13.7. The van der Waals surface area contributed by atoms with Crippen LogP contribution < -0.4 is 5.32 Å². The molecular weight excluding hydrogens is 260 g/mol. The quantitative estimate of drug-likeness (QED) is 0.871. The number of nitrogens with one attached hydrogen (secondary N) is 1. The molecule has 0 aliphatic carbocycles. The fraction of sp³-hybridized carbons (Fsp3) is 0.200. The summed E-state index contributed by atoms with van der Waals surface area (Å²) in [5.41, 5.74) is 3.70. The molecule has 1 amide bonds. The Morgan fingerprint density at radius 2 is 2.21 bits per heavy atom. The third-order valence-corrected chi connectivity index (χ3v) is 3.23. The molecule has 0 fully saturated rings. The number of rotatable bonds is 4. The lowest BCUT2D eigenvalue weighted by Gasteiger charge is -2.08. The SMILES string of the molecule is Cc1cnccc1CNC(=O)c1cccc(CCl)c1. The summed E-state index contributed by atoms with van der Waals surface area (Å²) in [7, 11) is 0. The molecule has 0 atom stereocenters. The number of amides is 1. The maximum Gasteiger partial charge on any atom is 0.251 e. The van der Waals surface area contributed by atoms with Gasteiger partial charge in [-0.3, -0.25) is 9.78 Å². The van der Waals surface area contributed by atoms with Crippen LogP contribution >= 0.6 is 11.6 Å². The Kier molecular flexibility index (Phi) is 4.53. The fourth-order valence-corrected chi connectivity index (χ4v) is 1.94. The Balaban J connectivity index is 2.03. The number of alkyl halides is 1. The van der Waals surface area contributed by atoms with E-state index in [1.54, 1.807) is 18.5 Å². The van der Waals surface area contributed by atoms with Gasteiger partial charge in [0.2, 0.25) is 0 Å². The molecule has 4 heteroatoms. The van der Waals surface area contributed by atoms with Gasteiger partial charge in [0.1, 0.15) is 0 Å². The summed E-state index contributed by atoms with van der Waals surface area (Å²) < 4.78 is 0. The number of carbonyl (C=O) groups is 1. The maximum atomic E-state index is 12.0. The molecule has 19 heavy (non-hydrogen) atoms. The molecule has 3 nitrogen and oxygen atoms in total. The van der Waals surface area contributed by atoms with Crippen molar-refractivity contribution in [2.75, 3.05) is 0 Å². The summed E-state index contributed by atoms with van der Waals surface area (Å²) in [5.74, 6) is 0.313. The first-order valence-corrected chi connectivity index (χ1v) is 6.57. The van der Waals surface area contributed by atoms with Gasteiger partial charge in [0.05, 0.1) is 0 Å². The summed E-state index contributed by atoms with van der Waals surface area (Å²) in [6.07, 6.45) is 3.51. The molecule has 1 aromatic heterocycles. The third-order valence-electron chi connectivity index (χ3n) is 2.92. The van der Waals surface area contributed by atoms with Crippen molar-refractivity contribution >= 4 is 17.5 Å². The van der Waals surface area contributed by atoms with Crippen LogP contribution in [0, 0.1) is 6.92 Å². The van der Waals surface area contributed by atoms with Crippen LogP contribution in [-0.2, 0) is 12.4 Å². The molecule has 0 aliphatic rings. The Bertz CT molecular complexity index is 584. The monoisotopic (exact) mass is 274 g/mol. The van der Waals surface area contributed by atoms with Crippen molar-refractivity contribution in [2.24, 2.45) is 0 Å². The van der Waals surface area contributed by atoms with E-state index in [2.05, 4.69) is 10.3 Å². The van der Waals surface area contributed by atoms with Crippen LogP contribution in [0.1, 0.15) is 27.0 Å². The number of halogens is 1. The van der Waals surface area contributed by atoms with E-state index in [4.69, 9.17) is 11.6 Å². The van der Waals surface area contributed by atoms with Gasteiger partial charge >= 0.3 is 0 Å². The highest BCUT2D eigenvalue weighted by molar-refractivity contribution is 6.17. The van der Waals surface area contributed by atoms with Crippen LogP contribution in [0.5, 0.6) is 0 Å². The largest absolute Gasteiger partial charge is 0.348 e. The van der Waals surface area contributed by atoms with Crippen molar-refractivity contribution in [3.63, 3.8) is 0 Å². The summed E-state index contributed by atoms with van der Waals surface area (Å²) in [5, 5.41) is 2.90. The topological polar surface area (TPSA) is 42.0 Å². The molecule has 0 radical (unpaired) electrons. The van der Waals surface area contributed by atoms with Gasteiger partial charge in [0, 0.05) is 30.4 Å². The minimum absolute atomic E-state index is 0.0943. The van der Waals surface area contributed by atoms with E-state index in [-0.39, 0.29) is 5.91 Å². The number of hydrogen-bond donors (Lipinski definition) is 1. The summed E-state index contributed by atoms with van der Waals surface area (Å²) >= 11 is 5.76. The van der Waals surface area contributed by atoms with E-state index in [1.165, 1.54) is 0 Å². The minimum atomic E-state index is -0.0943. The van der Waals surface area contributed by atoms with Crippen LogP contribution in [0.3, 0.4) is 0 Å². The number of pyridine rings is 1. The van der Waals surface area contributed by atoms with E-state index in [1.807, 2.05) is 31.2 Å². The Morgan fingerprint density at radius 1 is 1.37 bits per heavy atom. The molecule has 2 aromatic rings. The van der Waals surface area contributed by atoms with Crippen molar-refractivity contribution in [3.05, 3.63) is 65.0 Å². The van der Waals surface area contributed by atoms with Crippen molar-refractivity contribution < 1.29 is 4.79 Å². The normalized spacial score (nSPS) is 10.2. The van der Waals surface area contributed by atoms with Crippen molar-refractivity contribution in [1.82, 2.24) is 10.3 Å². The fourth-order valence-electron chi connectivity index (χ4n) is 1.77. The molecule has 2 rings (SSSR count). The summed E-state index contributed by atoms with van der Waals surface area (Å²) in [6.45, 7) is 2.47. The summed E-state index contributed by atoms with van der Waals surface area (Å²) in [6, 6.07) is 9.23. The van der Waals surface area contributed by atoms with Crippen LogP contribution in [0.15, 0.2) is 42.7 Å². The Hall–Kier alpha value is -1.87. The van der Waals surface area contributed by atoms with E-state index in [0.29, 0.717) is 18.0 Å². The molecule has 0 saturated heterocycles. The standard InChI is InChI=1S/C15H15ClN2O/c1-11-9-17-6-5-14(11)10-18-15(19)13-4-2-3-12(7-13)8-16/h2-7,9H,8,10H2,1H3,(H,18,19). The molecule has 0 aliphatic heterocycles. The second-order valence-corrected chi connectivity index (χ2v) is 4.59. The van der Waals surface area contributed by atoms with Crippen LogP contribution in [0.25, 0.3) is 0 Å². The third kappa shape index (κ3) is 3.55. The van der Waals surface area contributed by atoms with Crippen molar-refractivity contribution in [3.8, 4) is 0 Å². The first-order valence-electron chi connectivity index (χ1n) is 6.03. The van der Waals surface area contributed by atoms with Crippen molar-refractivity contribution in [2.45, 2.75) is 19.3 Å². The van der Waals surface area contributed by atoms with E-state index < -0.39 is 0 Å². The first-order chi connectivity index (χ1) is 9.20. The van der Waals surface area contributed by atoms with Gasteiger partial charge in [-0.15, -0.1) is 11.6 Å². The molecule has 98 valence electrons. The second kappa shape index (κ2) is 6.34. The lowest BCUT2D eigenvalue weighted by atomic mass is 10.1. The van der Waals surface area contributed by atoms with E-state index in [9.17, 15) is 4.79 Å². The van der Waals surface area contributed by atoms with Crippen LogP contribution in [-0.4, -0.2) is 10.9 Å². The van der Waals surface area contributed by atoms with E-state index in [0.717, 1.165) is 16.7 Å². The Morgan fingerprint density at radius 3 is 2.95 bits per heavy atom. The number of aryl methyl sites for hydroxylation is 1. The van der Waals surface area contributed by atoms with Gasteiger partial charge in [-0.1, -0.05) is 12.1 Å². The number of benzene rings is 1. The first kappa shape index (κ1) is 13.6. The molecule has 0 spiro atoms. The highest BCUT2D eigenvalue weighted by Gasteiger charge is 2.06. The highest BCUT2D eigenvalue weighted by Crippen LogP contribution is 2.09. The van der Waals surface area contributed by atoms with Gasteiger partial charge in [0.25, 0.3) is 5.91 Å². The van der Waals surface area contributed by atoms with Crippen LogP contribution in [0.2, 0.25) is 0 Å². The average molecular weight is 275 g/mol. The molecule has 1 heterocycles. The minimum Gasteiger partial charge on any atom is -0.348 e. The zero-order valence-corrected chi connectivity index (χ0v) is 11.4. The number of nitrogens with zero attached hydrogens (tertiary/aromatic N) is 1. The van der Waals surface area contributed by atoms with Gasteiger partial charge in [-0.25, -0.2) is 0 Å². The molecule has 1 N–H and O–H groups in total. The lowest BCUT2D eigenvalue weighted by Crippen LogP contribution is -2.23. The van der Waals surface area contributed by atoms with Gasteiger partial charge in [0.15, 0.2) is 0 Å². The number of carbonyl (C=O) groups excluding carboxylic acids is 1.